The molecule has 2 heterocycles. The van der Waals surface area contributed by atoms with E-state index in [9.17, 15) is 0 Å². The third-order valence-corrected chi connectivity index (χ3v) is 3.83. The molecule has 0 aliphatic heterocycles. The monoisotopic (exact) mass is 323 g/mol. The molecule has 0 atom stereocenters. The number of nitrogens with one attached hydrogen (secondary N) is 1. The van der Waals surface area contributed by atoms with Gasteiger partial charge in [-0.15, -0.1) is 0 Å². The number of fused-ring (bicyclic) bond motifs is 2. The fraction of sp³-hybridized carbons (Fsp3) is 0. The van der Waals surface area contributed by atoms with E-state index in [0.717, 1.165) is 37.8 Å². The van der Waals surface area contributed by atoms with Gasteiger partial charge in [0.2, 0.25) is 0 Å². The summed E-state index contributed by atoms with van der Waals surface area (Å²) in [7, 11) is 0. The summed E-state index contributed by atoms with van der Waals surface area (Å²) in [6.45, 7) is 0. The van der Waals surface area contributed by atoms with E-state index in [2.05, 4.69) is 43.0 Å². The van der Waals surface area contributed by atoms with Gasteiger partial charge < -0.3 is 4.98 Å². The van der Waals surface area contributed by atoms with Crippen molar-refractivity contribution in [2.24, 2.45) is 0 Å². The lowest BCUT2D eigenvalue weighted by molar-refractivity contribution is 1.32. The molecule has 0 fully saturated rings. The maximum atomic E-state index is 4.66. The highest BCUT2D eigenvalue weighted by Gasteiger charge is 2.09. The largest absolute Gasteiger partial charge is 0.338 e. The molecule has 0 spiro atoms. The Hall–Kier alpha value is -2.20. The molecule has 0 saturated heterocycles. The van der Waals surface area contributed by atoms with Crippen LogP contribution in [0.2, 0.25) is 0 Å². The first kappa shape index (κ1) is 11.6. The standard InChI is InChI=1S/C16H10BrN3/c17-11-6-7-13-14(9-11)20-16(19-13)12-5-1-3-10-4-2-8-18-15(10)12/h1-9H,(H,19,20). The quantitative estimate of drug-likeness (QED) is 0.558. The summed E-state index contributed by atoms with van der Waals surface area (Å²) in [5.74, 6) is 0.849. The van der Waals surface area contributed by atoms with Crippen LogP contribution < -0.4 is 0 Å². The van der Waals surface area contributed by atoms with Gasteiger partial charge in [0.1, 0.15) is 5.82 Å². The van der Waals surface area contributed by atoms with E-state index in [-0.39, 0.29) is 0 Å². The number of nitrogens with zero attached hydrogens (tertiary/aromatic N) is 2. The van der Waals surface area contributed by atoms with E-state index in [1.807, 2.05) is 42.6 Å². The maximum Gasteiger partial charge on any atom is 0.140 e. The molecular formula is C16H10BrN3. The minimum absolute atomic E-state index is 0.849. The minimum Gasteiger partial charge on any atom is -0.338 e. The summed E-state index contributed by atoms with van der Waals surface area (Å²) < 4.78 is 1.04. The van der Waals surface area contributed by atoms with Crippen LogP contribution in [0.5, 0.6) is 0 Å². The Bertz CT molecular complexity index is 922. The SMILES string of the molecule is Brc1ccc2nc(-c3cccc4cccnc34)[nH]c2c1. The number of hydrogen-bond acceptors (Lipinski definition) is 2. The maximum absolute atomic E-state index is 4.66. The van der Waals surface area contributed by atoms with Gasteiger partial charge in [-0.05, 0) is 30.3 Å². The first-order chi connectivity index (χ1) is 9.81. The number of rotatable bonds is 1. The molecule has 2 aromatic carbocycles. The van der Waals surface area contributed by atoms with E-state index in [1.165, 1.54) is 0 Å². The number of hydrogen-bond donors (Lipinski definition) is 1. The lowest BCUT2D eigenvalue weighted by atomic mass is 10.1. The topological polar surface area (TPSA) is 41.6 Å². The van der Waals surface area contributed by atoms with E-state index >= 15 is 0 Å². The average molecular weight is 324 g/mol. The number of H-pyrrole nitrogens is 1. The zero-order valence-electron chi connectivity index (χ0n) is 10.5. The van der Waals surface area contributed by atoms with E-state index in [4.69, 9.17) is 0 Å². The molecule has 0 aliphatic rings. The minimum atomic E-state index is 0.849. The van der Waals surface area contributed by atoms with E-state index in [0.29, 0.717) is 0 Å². The lowest BCUT2D eigenvalue weighted by Gasteiger charge is -2.01. The second-order valence-corrected chi connectivity index (χ2v) is 5.54. The molecular weight excluding hydrogens is 314 g/mol. The van der Waals surface area contributed by atoms with Gasteiger partial charge in [-0.1, -0.05) is 34.1 Å². The lowest BCUT2D eigenvalue weighted by Crippen LogP contribution is -1.85. The number of para-hydroxylation sites is 1. The first-order valence-corrected chi connectivity index (χ1v) is 7.10. The number of aromatic amines is 1. The molecule has 4 heteroatoms. The molecule has 0 unspecified atom stereocenters. The summed E-state index contributed by atoms with van der Waals surface area (Å²) in [4.78, 5) is 12.5. The Morgan fingerprint density at radius 2 is 1.90 bits per heavy atom. The fourth-order valence-corrected chi connectivity index (χ4v) is 2.77. The van der Waals surface area contributed by atoms with Crippen LogP contribution in [0.3, 0.4) is 0 Å². The first-order valence-electron chi connectivity index (χ1n) is 6.31. The third-order valence-electron chi connectivity index (χ3n) is 3.33. The predicted octanol–water partition coefficient (Wildman–Crippen LogP) is 4.54. The summed E-state index contributed by atoms with van der Waals surface area (Å²) in [6, 6.07) is 16.2. The number of pyridine rings is 1. The molecule has 0 saturated carbocycles. The van der Waals surface area contributed by atoms with Crippen molar-refractivity contribution in [3.05, 3.63) is 59.2 Å². The van der Waals surface area contributed by atoms with Gasteiger partial charge in [-0.25, -0.2) is 4.98 Å². The molecule has 3 nitrogen and oxygen atoms in total. The highest BCUT2D eigenvalue weighted by molar-refractivity contribution is 9.10. The molecule has 0 radical (unpaired) electrons. The van der Waals surface area contributed by atoms with Crippen LogP contribution in [-0.2, 0) is 0 Å². The van der Waals surface area contributed by atoms with Crippen LogP contribution in [0.1, 0.15) is 0 Å². The number of aromatic nitrogens is 3. The van der Waals surface area contributed by atoms with Crippen molar-refractivity contribution in [2.45, 2.75) is 0 Å². The zero-order chi connectivity index (χ0) is 13.5. The molecule has 96 valence electrons. The second kappa shape index (κ2) is 4.42. The summed E-state index contributed by atoms with van der Waals surface area (Å²) in [6.07, 6.45) is 1.81. The van der Waals surface area contributed by atoms with Gasteiger partial charge in [-0.3, -0.25) is 4.98 Å². The number of halogens is 1. The van der Waals surface area contributed by atoms with Gasteiger partial charge in [0.25, 0.3) is 0 Å². The van der Waals surface area contributed by atoms with Crippen LogP contribution in [0.25, 0.3) is 33.3 Å². The summed E-state index contributed by atoms with van der Waals surface area (Å²) in [5, 5.41) is 1.12. The highest BCUT2D eigenvalue weighted by atomic mass is 79.9. The Morgan fingerprint density at radius 1 is 1.00 bits per heavy atom. The molecule has 4 aromatic rings. The summed E-state index contributed by atoms with van der Waals surface area (Å²) >= 11 is 3.48. The third kappa shape index (κ3) is 1.80. The molecule has 0 bridgehead atoms. The molecule has 0 amide bonds. The highest BCUT2D eigenvalue weighted by Crippen LogP contribution is 2.27. The van der Waals surface area contributed by atoms with Crippen molar-refractivity contribution in [2.75, 3.05) is 0 Å². The summed E-state index contributed by atoms with van der Waals surface area (Å²) in [5.41, 5.74) is 3.96. The van der Waals surface area contributed by atoms with Crippen molar-refractivity contribution in [3.63, 3.8) is 0 Å². The fourth-order valence-electron chi connectivity index (χ4n) is 2.40. The van der Waals surface area contributed by atoms with Crippen molar-refractivity contribution in [3.8, 4) is 11.4 Å². The van der Waals surface area contributed by atoms with Crippen molar-refractivity contribution < 1.29 is 0 Å². The molecule has 20 heavy (non-hydrogen) atoms. The van der Waals surface area contributed by atoms with Crippen molar-refractivity contribution in [1.82, 2.24) is 15.0 Å². The Morgan fingerprint density at radius 3 is 2.85 bits per heavy atom. The van der Waals surface area contributed by atoms with E-state index < -0.39 is 0 Å². The predicted molar refractivity (Wildman–Crippen MR) is 84.5 cm³/mol. The molecule has 4 rings (SSSR count). The van der Waals surface area contributed by atoms with Crippen LogP contribution in [0, 0.1) is 0 Å². The van der Waals surface area contributed by atoms with Crippen LogP contribution in [0.15, 0.2) is 59.2 Å². The van der Waals surface area contributed by atoms with Gasteiger partial charge in [0.15, 0.2) is 0 Å². The Balaban J connectivity index is 2.01. The average Bonchev–Trinajstić information content (AvgIpc) is 2.89. The molecule has 1 N–H and O–H groups in total. The second-order valence-electron chi connectivity index (χ2n) is 4.63. The van der Waals surface area contributed by atoms with Gasteiger partial charge in [0.05, 0.1) is 16.6 Å². The molecule has 2 aromatic heterocycles. The number of benzene rings is 2. The van der Waals surface area contributed by atoms with Gasteiger partial charge >= 0.3 is 0 Å². The van der Waals surface area contributed by atoms with Crippen LogP contribution >= 0.6 is 15.9 Å². The van der Waals surface area contributed by atoms with Gasteiger partial charge in [-0.2, -0.15) is 0 Å². The normalized spacial score (nSPS) is 11.2. The zero-order valence-corrected chi connectivity index (χ0v) is 12.1. The van der Waals surface area contributed by atoms with Crippen LogP contribution in [-0.4, -0.2) is 15.0 Å². The Labute approximate surface area is 123 Å². The van der Waals surface area contributed by atoms with E-state index in [1.54, 1.807) is 0 Å². The van der Waals surface area contributed by atoms with Crippen molar-refractivity contribution >= 4 is 37.9 Å². The van der Waals surface area contributed by atoms with Gasteiger partial charge in [0, 0.05) is 21.6 Å². The molecule has 0 aliphatic carbocycles. The Kier molecular flexibility index (Phi) is 2.57. The number of imidazole rings is 1. The smallest absolute Gasteiger partial charge is 0.140 e. The van der Waals surface area contributed by atoms with Crippen LogP contribution in [0.4, 0.5) is 0 Å². The van der Waals surface area contributed by atoms with Crippen molar-refractivity contribution in [1.29, 1.82) is 0 Å².